The summed E-state index contributed by atoms with van der Waals surface area (Å²) in [6, 6.07) is 0.492. The lowest BCUT2D eigenvalue weighted by Crippen LogP contribution is -2.35. The summed E-state index contributed by atoms with van der Waals surface area (Å²) < 4.78 is 0. The number of nitrogens with one attached hydrogen (secondary N) is 2. The fourth-order valence-corrected chi connectivity index (χ4v) is 2.32. The fraction of sp³-hybridized carbons (Fsp3) is 1.00. The molecule has 3 heteroatoms. The highest BCUT2D eigenvalue weighted by atomic mass is 16.3. The lowest BCUT2D eigenvalue weighted by atomic mass is 9.83. The Morgan fingerprint density at radius 2 is 2.21 bits per heavy atom. The Hall–Kier alpha value is -0.120. The number of hydrogen-bond donors (Lipinski definition) is 3. The first-order chi connectivity index (χ1) is 6.84. The van der Waals surface area contributed by atoms with Crippen molar-refractivity contribution in [1.29, 1.82) is 0 Å². The van der Waals surface area contributed by atoms with Crippen molar-refractivity contribution in [2.24, 2.45) is 5.92 Å². The van der Waals surface area contributed by atoms with Crippen molar-refractivity contribution in [2.45, 2.75) is 44.2 Å². The Morgan fingerprint density at radius 3 is 2.79 bits per heavy atom. The number of aliphatic hydroxyl groups excluding tert-OH is 1. The van der Waals surface area contributed by atoms with Gasteiger partial charge in [0.1, 0.15) is 0 Å². The first kappa shape index (κ1) is 10.4. The van der Waals surface area contributed by atoms with Crippen LogP contribution in [0.25, 0.3) is 0 Å². The molecule has 2 aliphatic rings. The Labute approximate surface area is 86.3 Å². The van der Waals surface area contributed by atoms with E-state index in [1.54, 1.807) is 0 Å². The summed E-state index contributed by atoms with van der Waals surface area (Å²) in [5.74, 6) is 1.00. The van der Waals surface area contributed by atoms with Gasteiger partial charge in [0.15, 0.2) is 0 Å². The predicted octanol–water partition coefficient (Wildman–Crippen LogP) is 0.489. The zero-order valence-corrected chi connectivity index (χ0v) is 8.84. The topological polar surface area (TPSA) is 44.3 Å². The quantitative estimate of drug-likeness (QED) is 0.563. The van der Waals surface area contributed by atoms with Gasteiger partial charge in [-0.3, -0.25) is 0 Å². The Morgan fingerprint density at radius 1 is 1.36 bits per heavy atom. The van der Waals surface area contributed by atoms with Crippen LogP contribution in [0.3, 0.4) is 0 Å². The molecule has 14 heavy (non-hydrogen) atoms. The third kappa shape index (κ3) is 2.94. The third-order valence-electron chi connectivity index (χ3n) is 3.54. The highest BCUT2D eigenvalue weighted by molar-refractivity contribution is 4.82. The molecule has 0 aromatic heterocycles. The highest BCUT2D eigenvalue weighted by Gasteiger charge is 2.21. The van der Waals surface area contributed by atoms with Crippen LogP contribution in [0.5, 0.6) is 0 Å². The molecule has 1 aliphatic heterocycles. The summed E-state index contributed by atoms with van der Waals surface area (Å²) in [5, 5.41) is 16.1. The number of rotatable bonds is 5. The molecule has 1 saturated heterocycles. The lowest BCUT2D eigenvalue weighted by Gasteiger charge is -2.25. The van der Waals surface area contributed by atoms with Crippen LogP contribution < -0.4 is 10.6 Å². The van der Waals surface area contributed by atoms with Gasteiger partial charge >= 0.3 is 0 Å². The summed E-state index contributed by atoms with van der Waals surface area (Å²) in [6.07, 6.45) is 6.48. The van der Waals surface area contributed by atoms with Crippen molar-refractivity contribution in [1.82, 2.24) is 10.6 Å². The summed E-state index contributed by atoms with van der Waals surface area (Å²) in [4.78, 5) is 0. The molecule has 1 aliphatic carbocycles. The monoisotopic (exact) mass is 198 g/mol. The molecular weight excluding hydrogens is 176 g/mol. The normalized spacial score (nSPS) is 33.2. The SMILES string of the molecule is OC1CNC(CNCCC2CCC2)C1. The standard InChI is InChI=1S/C11H22N2O/c14-11-6-10(13-8-11)7-12-5-4-9-2-1-3-9/h9-14H,1-8H2. The second kappa shape index (κ2) is 5.10. The van der Waals surface area contributed by atoms with E-state index in [2.05, 4.69) is 10.6 Å². The largest absolute Gasteiger partial charge is 0.392 e. The molecule has 0 bridgehead atoms. The molecule has 0 aromatic carbocycles. The molecule has 2 atom stereocenters. The van der Waals surface area contributed by atoms with E-state index in [1.165, 1.54) is 25.7 Å². The number of β-amino-alcohol motifs (C(OH)–C–C–N with tert-alkyl or cyclic N) is 1. The molecule has 2 unspecified atom stereocenters. The smallest absolute Gasteiger partial charge is 0.0680 e. The van der Waals surface area contributed by atoms with Gasteiger partial charge in [-0.05, 0) is 25.3 Å². The Bertz CT molecular complexity index is 171. The van der Waals surface area contributed by atoms with E-state index in [0.717, 1.165) is 32.0 Å². The first-order valence-corrected chi connectivity index (χ1v) is 5.97. The van der Waals surface area contributed by atoms with Crippen LogP contribution in [0.1, 0.15) is 32.1 Å². The molecule has 0 spiro atoms. The first-order valence-electron chi connectivity index (χ1n) is 5.97. The molecule has 82 valence electrons. The molecule has 3 N–H and O–H groups in total. The molecule has 1 saturated carbocycles. The van der Waals surface area contributed by atoms with Gasteiger partial charge in [-0.15, -0.1) is 0 Å². The van der Waals surface area contributed by atoms with E-state index < -0.39 is 0 Å². The minimum Gasteiger partial charge on any atom is -0.392 e. The molecule has 2 rings (SSSR count). The van der Waals surface area contributed by atoms with E-state index in [-0.39, 0.29) is 6.10 Å². The van der Waals surface area contributed by atoms with Crippen molar-refractivity contribution in [3.63, 3.8) is 0 Å². The average molecular weight is 198 g/mol. The van der Waals surface area contributed by atoms with Crippen LogP contribution in [0.4, 0.5) is 0 Å². The Kier molecular flexibility index (Phi) is 3.79. The van der Waals surface area contributed by atoms with Crippen LogP contribution in [-0.2, 0) is 0 Å². The van der Waals surface area contributed by atoms with Crippen molar-refractivity contribution in [3.8, 4) is 0 Å². The van der Waals surface area contributed by atoms with Gasteiger partial charge < -0.3 is 15.7 Å². The summed E-state index contributed by atoms with van der Waals surface area (Å²) in [7, 11) is 0. The van der Waals surface area contributed by atoms with E-state index >= 15 is 0 Å². The number of aliphatic hydroxyl groups is 1. The zero-order chi connectivity index (χ0) is 9.80. The van der Waals surface area contributed by atoms with Gasteiger partial charge in [0.2, 0.25) is 0 Å². The van der Waals surface area contributed by atoms with Crippen molar-refractivity contribution in [3.05, 3.63) is 0 Å². The van der Waals surface area contributed by atoms with Crippen LogP contribution in [0, 0.1) is 5.92 Å². The van der Waals surface area contributed by atoms with Crippen LogP contribution >= 0.6 is 0 Å². The van der Waals surface area contributed by atoms with Crippen LogP contribution in [0.2, 0.25) is 0 Å². The van der Waals surface area contributed by atoms with E-state index in [0.29, 0.717) is 6.04 Å². The van der Waals surface area contributed by atoms with Gasteiger partial charge in [-0.1, -0.05) is 19.3 Å². The molecule has 0 amide bonds. The van der Waals surface area contributed by atoms with Crippen molar-refractivity contribution >= 4 is 0 Å². The molecule has 2 fully saturated rings. The van der Waals surface area contributed by atoms with Crippen LogP contribution in [-0.4, -0.2) is 36.9 Å². The zero-order valence-electron chi connectivity index (χ0n) is 8.84. The second-order valence-electron chi connectivity index (χ2n) is 4.78. The average Bonchev–Trinajstić information content (AvgIpc) is 2.48. The van der Waals surface area contributed by atoms with Gasteiger partial charge in [0.25, 0.3) is 0 Å². The van der Waals surface area contributed by atoms with Crippen LogP contribution in [0.15, 0.2) is 0 Å². The predicted molar refractivity (Wildman–Crippen MR) is 57.2 cm³/mol. The summed E-state index contributed by atoms with van der Waals surface area (Å²) >= 11 is 0. The van der Waals surface area contributed by atoms with E-state index in [4.69, 9.17) is 0 Å². The van der Waals surface area contributed by atoms with Gasteiger partial charge in [-0.25, -0.2) is 0 Å². The van der Waals surface area contributed by atoms with Crippen molar-refractivity contribution < 1.29 is 5.11 Å². The van der Waals surface area contributed by atoms with Gasteiger partial charge in [0, 0.05) is 19.1 Å². The maximum atomic E-state index is 9.30. The Balaban J connectivity index is 1.46. The highest BCUT2D eigenvalue weighted by Crippen LogP contribution is 2.28. The number of hydrogen-bond acceptors (Lipinski definition) is 3. The molecular formula is C11H22N2O. The minimum absolute atomic E-state index is 0.117. The maximum absolute atomic E-state index is 9.30. The van der Waals surface area contributed by atoms with E-state index in [9.17, 15) is 5.11 Å². The summed E-state index contributed by atoms with van der Waals surface area (Å²) in [5.41, 5.74) is 0. The fourth-order valence-electron chi connectivity index (χ4n) is 2.32. The summed E-state index contributed by atoms with van der Waals surface area (Å²) in [6.45, 7) is 2.94. The molecule has 1 heterocycles. The maximum Gasteiger partial charge on any atom is 0.0680 e. The third-order valence-corrected chi connectivity index (χ3v) is 3.54. The van der Waals surface area contributed by atoms with E-state index in [1.807, 2.05) is 0 Å². The molecule has 0 radical (unpaired) electrons. The second-order valence-corrected chi connectivity index (χ2v) is 4.78. The van der Waals surface area contributed by atoms with Crippen molar-refractivity contribution in [2.75, 3.05) is 19.6 Å². The van der Waals surface area contributed by atoms with Gasteiger partial charge in [0.05, 0.1) is 6.10 Å². The van der Waals surface area contributed by atoms with Gasteiger partial charge in [-0.2, -0.15) is 0 Å². The minimum atomic E-state index is -0.117. The molecule has 3 nitrogen and oxygen atoms in total. The lowest BCUT2D eigenvalue weighted by molar-refractivity contribution is 0.193. The molecule has 0 aromatic rings.